The first kappa shape index (κ1) is 12.1. The number of hydrogen-bond donors (Lipinski definition) is 2. The first-order chi connectivity index (χ1) is 6.61. The van der Waals surface area contributed by atoms with E-state index in [9.17, 15) is 5.11 Å². The highest BCUT2D eigenvalue weighted by Gasteiger charge is 2.08. The van der Waals surface area contributed by atoms with E-state index in [1.807, 2.05) is 17.3 Å². The van der Waals surface area contributed by atoms with Crippen LogP contribution >= 0.6 is 27.3 Å². The largest absolute Gasteiger partial charge is 0.394 e. The number of aliphatic hydroxyl groups excluding tert-OH is 2. The van der Waals surface area contributed by atoms with Gasteiger partial charge in [-0.05, 0) is 29.0 Å². The molecule has 0 aliphatic carbocycles. The van der Waals surface area contributed by atoms with Gasteiger partial charge in [0.1, 0.15) is 0 Å². The van der Waals surface area contributed by atoms with Gasteiger partial charge < -0.3 is 10.2 Å². The average molecular weight is 280 g/mol. The van der Waals surface area contributed by atoms with Crippen molar-refractivity contribution in [1.29, 1.82) is 0 Å². The SMILES string of the molecule is CN(Cc1cc(Br)cs1)CC(O)CO. The summed E-state index contributed by atoms with van der Waals surface area (Å²) in [5.74, 6) is 0. The van der Waals surface area contributed by atoms with Crippen molar-refractivity contribution in [3.8, 4) is 0 Å². The minimum absolute atomic E-state index is 0.182. The van der Waals surface area contributed by atoms with Crippen molar-refractivity contribution in [2.24, 2.45) is 0 Å². The molecule has 5 heteroatoms. The molecule has 0 spiro atoms. The van der Waals surface area contributed by atoms with Crippen LogP contribution in [0.5, 0.6) is 0 Å². The monoisotopic (exact) mass is 279 g/mol. The number of thiophene rings is 1. The van der Waals surface area contributed by atoms with Crippen molar-refractivity contribution in [3.63, 3.8) is 0 Å². The molecule has 1 atom stereocenters. The second-order valence-corrected chi connectivity index (χ2v) is 5.18. The molecule has 0 fully saturated rings. The fraction of sp³-hybridized carbons (Fsp3) is 0.556. The summed E-state index contributed by atoms with van der Waals surface area (Å²) >= 11 is 5.07. The van der Waals surface area contributed by atoms with E-state index in [-0.39, 0.29) is 6.61 Å². The highest BCUT2D eigenvalue weighted by Crippen LogP contribution is 2.20. The number of rotatable bonds is 5. The van der Waals surface area contributed by atoms with E-state index in [2.05, 4.69) is 22.0 Å². The summed E-state index contributed by atoms with van der Waals surface area (Å²) in [4.78, 5) is 3.23. The molecule has 2 N–H and O–H groups in total. The van der Waals surface area contributed by atoms with Crippen molar-refractivity contribution in [2.45, 2.75) is 12.6 Å². The molecule has 0 aromatic carbocycles. The summed E-state index contributed by atoms with van der Waals surface area (Å²) < 4.78 is 1.09. The van der Waals surface area contributed by atoms with E-state index in [1.165, 1.54) is 4.88 Å². The Bertz CT molecular complexity index is 280. The number of hydrogen-bond acceptors (Lipinski definition) is 4. The van der Waals surface area contributed by atoms with Crippen LogP contribution in [0.15, 0.2) is 15.9 Å². The molecule has 1 aromatic rings. The van der Waals surface area contributed by atoms with Crippen LogP contribution in [0.25, 0.3) is 0 Å². The summed E-state index contributed by atoms with van der Waals surface area (Å²) in [6, 6.07) is 2.06. The van der Waals surface area contributed by atoms with E-state index in [1.54, 1.807) is 11.3 Å². The van der Waals surface area contributed by atoms with Crippen molar-refractivity contribution in [2.75, 3.05) is 20.2 Å². The Labute approximate surface area is 96.1 Å². The zero-order chi connectivity index (χ0) is 10.6. The second kappa shape index (κ2) is 5.82. The zero-order valence-corrected chi connectivity index (χ0v) is 10.4. The summed E-state index contributed by atoms with van der Waals surface area (Å²) in [6.45, 7) is 1.11. The van der Waals surface area contributed by atoms with Crippen molar-refractivity contribution >= 4 is 27.3 Å². The Morgan fingerprint density at radius 2 is 2.36 bits per heavy atom. The molecule has 0 amide bonds. The summed E-state index contributed by atoms with van der Waals surface area (Å²) in [5, 5.41) is 19.9. The topological polar surface area (TPSA) is 43.7 Å². The lowest BCUT2D eigenvalue weighted by atomic mass is 10.3. The first-order valence-electron chi connectivity index (χ1n) is 4.32. The molecule has 0 bridgehead atoms. The number of nitrogens with zero attached hydrogens (tertiary/aromatic N) is 1. The van der Waals surface area contributed by atoms with Gasteiger partial charge in [-0.1, -0.05) is 0 Å². The molecule has 1 rings (SSSR count). The lowest BCUT2D eigenvalue weighted by molar-refractivity contribution is 0.0650. The summed E-state index contributed by atoms with van der Waals surface area (Å²) in [6.07, 6.45) is -0.650. The van der Waals surface area contributed by atoms with Gasteiger partial charge in [0.2, 0.25) is 0 Å². The van der Waals surface area contributed by atoms with Gasteiger partial charge in [-0.15, -0.1) is 11.3 Å². The van der Waals surface area contributed by atoms with Crippen LogP contribution in [-0.2, 0) is 6.54 Å². The molecular formula is C9H14BrNO2S. The van der Waals surface area contributed by atoms with Crippen LogP contribution in [0, 0.1) is 0 Å². The third-order valence-corrected chi connectivity index (χ3v) is 3.46. The molecular weight excluding hydrogens is 266 g/mol. The molecule has 14 heavy (non-hydrogen) atoms. The van der Waals surface area contributed by atoms with Gasteiger partial charge >= 0.3 is 0 Å². The van der Waals surface area contributed by atoms with E-state index in [0.717, 1.165) is 11.0 Å². The minimum Gasteiger partial charge on any atom is -0.394 e. The molecule has 1 unspecified atom stereocenters. The molecule has 0 aliphatic heterocycles. The maximum atomic E-state index is 9.21. The van der Waals surface area contributed by atoms with Gasteiger partial charge in [0.25, 0.3) is 0 Å². The van der Waals surface area contributed by atoms with Gasteiger partial charge in [-0.2, -0.15) is 0 Å². The van der Waals surface area contributed by atoms with E-state index in [4.69, 9.17) is 5.11 Å². The van der Waals surface area contributed by atoms with Crippen molar-refractivity contribution in [3.05, 3.63) is 20.8 Å². The Morgan fingerprint density at radius 3 is 2.86 bits per heavy atom. The smallest absolute Gasteiger partial charge is 0.0897 e. The van der Waals surface area contributed by atoms with Gasteiger partial charge in [0.15, 0.2) is 0 Å². The van der Waals surface area contributed by atoms with E-state index >= 15 is 0 Å². The lowest BCUT2D eigenvalue weighted by Crippen LogP contribution is -2.30. The quantitative estimate of drug-likeness (QED) is 0.854. The maximum Gasteiger partial charge on any atom is 0.0897 e. The highest BCUT2D eigenvalue weighted by molar-refractivity contribution is 9.10. The number of aliphatic hydroxyl groups is 2. The zero-order valence-electron chi connectivity index (χ0n) is 7.98. The van der Waals surface area contributed by atoms with Crippen LogP contribution in [-0.4, -0.2) is 41.4 Å². The lowest BCUT2D eigenvalue weighted by Gasteiger charge is -2.18. The summed E-state index contributed by atoms with van der Waals surface area (Å²) in [7, 11) is 1.92. The van der Waals surface area contributed by atoms with Gasteiger partial charge in [0.05, 0.1) is 12.7 Å². The number of halogens is 1. The standard InChI is InChI=1S/C9H14BrNO2S/c1-11(3-8(13)5-12)4-9-2-7(10)6-14-9/h2,6,8,12-13H,3-5H2,1H3. The molecule has 80 valence electrons. The van der Waals surface area contributed by atoms with Crippen molar-refractivity contribution < 1.29 is 10.2 Å². The Hall–Kier alpha value is 0.0600. The third-order valence-electron chi connectivity index (χ3n) is 1.78. The molecule has 0 radical (unpaired) electrons. The molecule has 0 aliphatic rings. The predicted molar refractivity (Wildman–Crippen MR) is 61.4 cm³/mol. The van der Waals surface area contributed by atoms with Gasteiger partial charge in [-0.3, -0.25) is 4.90 Å². The third kappa shape index (κ3) is 4.06. The Morgan fingerprint density at radius 1 is 1.64 bits per heavy atom. The predicted octanol–water partition coefficient (Wildman–Crippen LogP) is 1.30. The van der Waals surface area contributed by atoms with E-state index < -0.39 is 6.10 Å². The van der Waals surface area contributed by atoms with Crippen LogP contribution < -0.4 is 0 Å². The first-order valence-corrected chi connectivity index (χ1v) is 5.99. The minimum atomic E-state index is -0.650. The molecule has 1 aromatic heterocycles. The fourth-order valence-electron chi connectivity index (χ4n) is 1.18. The highest BCUT2D eigenvalue weighted by atomic mass is 79.9. The molecule has 0 saturated carbocycles. The van der Waals surface area contributed by atoms with Crippen LogP contribution in [0.2, 0.25) is 0 Å². The molecule has 1 heterocycles. The van der Waals surface area contributed by atoms with E-state index in [0.29, 0.717) is 6.54 Å². The average Bonchev–Trinajstić information content (AvgIpc) is 2.50. The molecule has 3 nitrogen and oxygen atoms in total. The van der Waals surface area contributed by atoms with Gasteiger partial charge in [0, 0.05) is 27.8 Å². The normalized spacial score (nSPS) is 13.5. The second-order valence-electron chi connectivity index (χ2n) is 3.26. The van der Waals surface area contributed by atoms with Gasteiger partial charge in [-0.25, -0.2) is 0 Å². The Kier molecular flexibility index (Phi) is 5.05. The fourth-order valence-corrected chi connectivity index (χ4v) is 2.71. The summed E-state index contributed by atoms with van der Waals surface area (Å²) in [5.41, 5.74) is 0. The molecule has 0 saturated heterocycles. The van der Waals surface area contributed by atoms with Crippen molar-refractivity contribution in [1.82, 2.24) is 4.90 Å². The maximum absolute atomic E-state index is 9.21. The number of likely N-dealkylation sites (N-methyl/N-ethyl adjacent to an activating group) is 1. The van der Waals surface area contributed by atoms with Crippen LogP contribution in [0.4, 0.5) is 0 Å². The Balaban J connectivity index is 2.37. The van der Waals surface area contributed by atoms with Crippen LogP contribution in [0.3, 0.4) is 0 Å². The van der Waals surface area contributed by atoms with Crippen LogP contribution in [0.1, 0.15) is 4.88 Å².